The number of furan rings is 1. The van der Waals surface area contributed by atoms with Gasteiger partial charge in [-0.3, -0.25) is 19.5 Å². The third kappa shape index (κ3) is 3.29. The van der Waals surface area contributed by atoms with E-state index in [1.54, 1.807) is 6.07 Å². The summed E-state index contributed by atoms with van der Waals surface area (Å²) >= 11 is 1.36. The molecule has 3 heterocycles. The summed E-state index contributed by atoms with van der Waals surface area (Å²) in [7, 11) is 0. The Morgan fingerprint density at radius 2 is 2.04 bits per heavy atom. The van der Waals surface area contributed by atoms with Crippen LogP contribution in [-0.4, -0.2) is 25.7 Å². The van der Waals surface area contributed by atoms with Crippen molar-refractivity contribution in [1.82, 2.24) is 19.7 Å². The van der Waals surface area contributed by atoms with Gasteiger partial charge in [-0.15, -0.1) is 10.2 Å². The predicted octanol–water partition coefficient (Wildman–Crippen LogP) is 3.54. The first-order chi connectivity index (χ1) is 13.6. The fourth-order valence-electron chi connectivity index (χ4n) is 3.13. The van der Waals surface area contributed by atoms with Gasteiger partial charge in [-0.25, -0.2) is 4.98 Å². The highest BCUT2D eigenvalue weighted by Gasteiger charge is 2.17. The zero-order chi connectivity index (χ0) is 19.7. The van der Waals surface area contributed by atoms with Gasteiger partial charge in [0.2, 0.25) is 16.6 Å². The van der Waals surface area contributed by atoms with Gasteiger partial charge in [0, 0.05) is 11.3 Å². The number of para-hydroxylation sites is 1. The molecular formula is C19H19N5O3S. The highest BCUT2D eigenvalue weighted by Crippen LogP contribution is 2.28. The zero-order valence-electron chi connectivity index (χ0n) is 15.5. The molecule has 28 heavy (non-hydrogen) atoms. The van der Waals surface area contributed by atoms with Crippen LogP contribution in [0.4, 0.5) is 5.13 Å². The van der Waals surface area contributed by atoms with E-state index in [4.69, 9.17) is 4.42 Å². The quantitative estimate of drug-likeness (QED) is 0.534. The Morgan fingerprint density at radius 3 is 2.82 bits per heavy atom. The van der Waals surface area contributed by atoms with Gasteiger partial charge in [0.25, 0.3) is 5.56 Å². The summed E-state index contributed by atoms with van der Waals surface area (Å²) < 4.78 is 6.86. The van der Waals surface area contributed by atoms with E-state index in [0.717, 1.165) is 23.2 Å². The monoisotopic (exact) mass is 397 g/mol. The van der Waals surface area contributed by atoms with Crippen LogP contribution in [0, 0.1) is 0 Å². The largest absolute Gasteiger partial charge is 0.448 e. The summed E-state index contributed by atoms with van der Waals surface area (Å²) in [5.74, 6) is -0.0305. The Bertz CT molecular complexity index is 1210. The van der Waals surface area contributed by atoms with Gasteiger partial charge in [0.1, 0.15) is 22.7 Å². The lowest BCUT2D eigenvalue weighted by atomic mass is 10.1. The van der Waals surface area contributed by atoms with Crippen LogP contribution < -0.4 is 10.9 Å². The molecule has 0 saturated heterocycles. The minimum atomic E-state index is -0.397. The molecule has 0 aliphatic heterocycles. The molecule has 0 aliphatic carbocycles. The minimum absolute atomic E-state index is 0.142. The number of carbonyl (C=O) groups excluding carboxylic acids is 1. The van der Waals surface area contributed by atoms with E-state index in [1.807, 2.05) is 18.2 Å². The van der Waals surface area contributed by atoms with E-state index in [1.165, 1.54) is 22.2 Å². The second kappa shape index (κ2) is 7.51. The molecule has 4 aromatic rings. The lowest BCUT2D eigenvalue weighted by Gasteiger charge is -2.06. The van der Waals surface area contributed by atoms with Gasteiger partial charge >= 0.3 is 0 Å². The van der Waals surface area contributed by atoms with Crippen molar-refractivity contribution in [1.29, 1.82) is 0 Å². The number of amides is 1. The second-order valence-corrected chi connectivity index (χ2v) is 7.47. The number of rotatable bonds is 6. The third-order valence-electron chi connectivity index (χ3n) is 4.69. The molecule has 3 aromatic heterocycles. The van der Waals surface area contributed by atoms with Crippen LogP contribution in [0.1, 0.15) is 37.6 Å². The van der Waals surface area contributed by atoms with E-state index in [0.29, 0.717) is 22.1 Å². The van der Waals surface area contributed by atoms with Crippen LogP contribution in [-0.2, 0) is 11.3 Å². The second-order valence-electron chi connectivity index (χ2n) is 6.46. The normalized spacial score (nSPS) is 11.5. The third-order valence-corrected chi connectivity index (χ3v) is 5.69. The number of carbonyl (C=O) groups is 1. The van der Waals surface area contributed by atoms with Crippen molar-refractivity contribution in [3.05, 3.63) is 46.0 Å². The van der Waals surface area contributed by atoms with Crippen LogP contribution in [0.5, 0.6) is 0 Å². The van der Waals surface area contributed by atoms with E-state index in [2.05, 4.69) is 34.3 Å². The first kappa shape index (κ1) is 18.3. The summed E-state index contributed by atoms with van der Waals surface area (Å²) in [6.07, 6.45) is 3.30. The van der Waals surface area contributed by atoms with Crippen LogP contribution in [0.2, 0.25) is 0 Å². The average molecular weight is 397 g/mol. The Kier molecular flexibility index (Phi) is 4.91. The minimum Gasteiger partial charge on any atom is -0.448 e. The number of aromatic nitrogens is 4. The molecule has 0 spiro atoms. The van der Waals surface area contributed by atoms with E-state index in [-0.39, 0.29) is 18.0 Å². The SMILES string of the molecule is CCC(CC)c1nnc(NC(=O)Cn2cnc3c(oc4ccccc43)c2=O)s1. The molecule has 144 valence electrons. The number of nitrogens with one attached hydrogen (secondary N) is 1. The molecule has 1 N–H and O–H groups in total. The van der Waals surface area contributed by atoms with Crippen molar-refractivity contribution >= 4 is 44.4 Å². The lowest BCUT2D eigenvalue weighted by Crippen LogP contribution is -2.27. The van der Waals surface area contributed by atoms with Gasteiger partial charge in [-0.2, -0.15) is 0 Å². The van der Waals surface area contributed by atoms with Gasteiger partial charge in [-0.1, -0.05) is 37.3 Å². The molecule has 0 aliphatic rings. The smallest absolute Gasteiger partial charge is 0.297 e. The molecule has 9 heteroatoms. The van der Waals surface area contributed by atoms with Crippen LogP contribution >= 0.6 is 11.3 Å². The Morgan fingerprint density at radius 1 is 1.25 bits per heavy atom. The van der Waals surface area contributed by atoms with Crippen molar-refractivity contribution in [2.24, 2.45) is 0 Å². The number of anilines is 1. The molecule has 1 aromatic carbocycles. The standard InChI is InChI=1S/C19H19N5O3S/c1-3-11(4-2)17-22-23-19(28-17)21-14(25)9-24-10-20-15-12-7-5-6-8-13(12)27-16(15)18(24)26/h5-8,10-11H,3-4,9H2,1-2H3,(H,21,23,25). The lowest BCUT2D eigenvalue weighted by molar-refractivity contribution is -0.116. The van der Waals surface area contributed by atoms with Crippen molar-refractivity contribution in [3.63, 3.8) is 0 Å². The molecule has 0 bridgehead atoms. The van der Waals surface area contributed by atoms with Crippen LogP contribution in [0.15, 0.2) is 39.8 Å². The fourth-order valence-corrected chi connectivity index (χ4v) is 4.16. The molecule has 8 nitrogen and oxygen atoms in total. The van der Waals surface area contributed by atoms with E-state index < -0.39 is 5.56 Å². The molecule has 4 rings (SSSR count). The maximum atomic E-state index is 12.7. The number of hydrogen-bond acceptors (Lipinski definition) is 7. The molecular weight excluding hydrogens is 378 g/mol. The molecule has 1 amide bonds. The topological polar surface area (TPSA) is 103 Å². The van der Waals surface area contributed by atoms with Gasteiger partial charge in [-0.05, 0) is 25.0 Å². The number of fused-ring (bicyclic) bond motifs is 3. The Hall–Kier alpha value is -3.07. The van der Waals surface area contributed by atoms with E-state index in [9.17, 15) is 9.59 Å². The molecule has 0 fully saturated rings. The highest BCUT2D eigenvalue weighted by atomic mass is 32.1. The summed E-state index contributed by atoms with van der Waals surface area (Å²) in [6.45, 7) is 4.02. The zero-order valence-corrected chi connectivity index (χ0v) is 16.3. The van der Waals surface area contributed by atoms with Crippen molar-refractivity contribution in [3.8, 4) is 0 Å². The van der Waals surface area contributed by atoms with Gasteiger partial charge in [0.15, 0.2) is 0 Å². The van der Waals surface area contributed by atoms with Crippen LogP contribution in [0.25, 0.3) is 22.1 Å². The average Bonchev–Trinajstić information content (AvgIpc) is 3.30. The molecule has 0 atom stereocenters. The summed E-state index contributed by atoms with van der Waals surface area (Å²) in [4.78, 5) is 29.4. The fraction of sp³-hybridized carbons (Fsp3) is 0.316. The number of benzene rings is 1. The van der Waals surface area contributed by atoms with Gasteiger partial charge < -0.3 is 4.42 Å². The maximum absolute atomic E-state index is 12.7. The van der Waals surface area contributed by atoms with Crippen molar-refractivity contribution < 1.29 is 9.21 Å². The Balaban J connectivity index is 1.55. The van der Waals surface area contributed by atoms with Gasteiger partial charge in [0.05, 0.1) is 6.33 Å². The van der Waals surface area contributed by atoms with Crippen molar-refractivity contribution in [2.75, 3.05) is 5.32 Å². The summed E-state index contributed by atoms with van der Waals surface area (Å²) in [6, 6.07) is 7.31. The molecule has 0 saturated carbocycles. The summed E-state index contributed by atoms with van der Waals surface area (Å²) in [5.41, 5.74) is 0.832. The molecule has 0 radical (unpaired) electrons. The van der Waals surface area contributed by atoms with Crippen molar-refractivity contribution in [2.45, 2.75) is 39.2 Å². The highest BCUT2D eigenvalue weighted by molar-refractivity contribution is 7.15. The predicted molar refractivity (Wildman–Crippen MR) is 108 cm³/mol. The Labute approximate surface area is 164 Å². The maximum Gasteiger partial charge on any atom is 0.297 e. The van der Waals surface area contributed by atoms with Crippen LogP contribution in [0.3, 0.4) is 0 Å². The number of hydrogen-bond donors (Lipinski definition) is 1. The summed E-state index contributed by atoms with van der Waals surface area (Å²) in [5, 5.41) is 13.0. The first-order valence-electron chi connectivity index (χ1n) is 9.10. The number of nitrogens with zero attached hydrogens (tertiary/aromatic N) is 4. The van der Waals surface area contributed by atoms with E-state index >= 15 is 0 Å². The first-order valence-corrected chi connectivity index (χ1v) is 9.92. The molecule has 0 unspecified atom stereocenters.